The zero-order valence-electron chi connectivity index (χ0n) is 13.0. The van der Waals surface area contributed by atoms with Crippen molar-refractivity contribution in [1.82, 2.24) is 0 Å². The second-order valence-electron chi connectivity index (χ2n) is 4.44. The molecule has 0 aromatic rings. The Morgan fingerprint density at radius 1 is 1.15 bits per heavy atom. The Kier molecular flexibility index (Phi) is 17.2. The molecule has 0 rings (SSSR count). The normalized spacial score (nSPS) is 11.9. The molecule has 0 heterocycles. The summed E-state index contributed by atoms with van der Waals surface area (Å²) in [7, 11) is -3.09. The zero-order chi connectivity index (χ0) is 16.5. The van der Waals surface area contributed by atoms with Crippen molar-refractivity contribution in [1.29, 1.82) is 0 Å². The van der Waals surface area contributed by atoms with Gasteiger partial charge in [0.2, 0.25) is 0 Å². The van der Waals surface area contributed by atoms with E-state index in [2.05, 4.69) is 11.8 Å². The summed E-state index contributed by atoms with van der Waals surface area (Å²) in [5.74, 6) is 4.56. The van der Waals surface area contributed by atoms with Gasteiger partial charge in [-0.3, -0.25) is 4.21 Å². The van der Waals surface area contributed by atoms with Crippen molar-refractivity contribution >= 4 is 32.5 Å². The first kappa shape index (κ1) is 28.6. The van der Waals surface area contributed by atoms with Gasteiger partial charge in [0.05, 0.1) is 4.87 Å². The molecule has 0 aromatic heterocycles. The first-order chi connectivity index (χ1) is 8.10. The Labute approximate surface area is 152 Å². The molecule has 0 aromatic carbocycles. The Balaban J connectivity index is -0.000000102. The molecule has 0 fully saturated rings. The monoisotopic (exact) mass is 350 g/mol. The molecule has 0 aliphatic rings. The Morgan fingerprint density at radius 3 is 1.35 bits per heavy atom. The minimum Gasteiger partial charge on any atom is -0.773 e. The number of rotatable bonds is 1. The molecule has 0 aliphatic heterocycles. The van der Waals surface area contributed by atoms with E-state index in [9.17, 15) is 8.42 Å². The summed E-state index contributed by atoms with van der Waals surface area (Å²) >= 11 is 3.62. The molecule has 0 radical (unpaired) electrons. The fourth-order valence-corrected chi connectivity index (χ4v) is 0.321. The number of hydrogen-bond donors (Lipinski definition) is 0. The van der Waals surface area contributed by atoms with Crippen LogP contribution in [-0.4, -0.2) is 39.3 Å². The SMILES string of the molecule is C#CC(C)(C)Cl.C#CC(C)(C)S(C)(=O)=O.CS(=O)[O-].[Na+]. The van der Waals surface area contributed by atoms with Gasteiger partial charge in [0.25, 0.3) is 0 Å². The van der Waals surface area contributed by atoms with Crippen LogP contribution < -0.4 is 29.6 Å². The molecule has 0 saturated carbocycles. The molecule has 8 heteroatoms. The summed E-state index contributed by atoms with van der Waals surface area (Å²) in [6.07, 6.45) is 12.1. The van der Waals surface area contributed by atoms with Gasteiger partial charge in [-0.05, 0) is 34.0 Å². The molecule has 1 unspecified atom stereocenters. The molecule has 0 amide bonds. The maximum atomic E-state index is 10.7. The van der Waals surface area contributed by atoms with Gasteiger partial charge in [0.1, 0.15) is 4.75 Å². The van der Waals surface area contributed by atoms with Crippen LogP contribution in [0.5, 0.6) is 0 Å². The summed E-state index contributed by atoms with van der Waals surface area (Å²) in [5, 5.41) is 0. The summed E-state index contributed by atoms with van der Waals surface area (Å²) < 4.78 is 38.5. The number of halogens is 1. The van der Waals surface area contributed by atoms with E-state index in [-0.39, 0.29) is 29.6 Å². The van der Waals surface area contributed by atoms with E-state index >= 15 is 0 Å². The average Bonchev–Trinajstić information content (AvgIpc) is 2.15. The van der Waals surface area contributed by atoms with Gasteiger partial charge in [-0.25, -0.2) is 8.42 Å². The van der Waals surface area contributed by atoms with E-state index in [0.29, 0.717) is 0 Å². The smallest absolute Gasteiger partial charge is 0.773 e. The fourth-order valence-electron chi connectivity index (χ4n) is 0.107. The largest absolute Gasteiger partial charge is 1.00 e. The first-order valence-corrected chi connectivity index (χ1v) is 8.71. The van der Waals surface area contributed by atoms with Gasteiger partial charge in [0.15, 0.2) is 9.84 Å². The molecule has 1 atom stereocenters. The van der Waals surface area contributed by atoms with Crippen molar-refractivity contribution in [3.8, 4) is 24.7 Å². The average molecular weight is 351 g/mol. The number of terminal acetylenes is 2. The van der Waals surface area contributed by atoms with Gasteiger partial charge in [-0.2, -0.15) is 0 Å². The molecular weight excluding hydrogens is 331 g/mol. The van der Waals surface area contributed by atoms with Crippen LogP contribution in [-0.2, 0) is 20.9 Å². The summed E-state index contributed by atoms with van der Waals surface area (Å²) in [4.78, 5) is -0.458. The van der Waals surface area contributed by atoms with Crippen molar-refractivity contribution in [3.05, 3.63) is 0 Å². The summed E-state index contributed by atoms with van der Waals surface area (Å²) in [6, 6.07) is 0. The molecule has 0 N–H and O–H groups in total. The molecule has 4 nitrogen and oxygen atoms in total. The third kappa shape index (κ3) is 23.6. The molecule has 20 heavy (non-hydrogen) atoms. The quantitative estimate of drug-likeness (QED) is 0.252. The van der Waals surface area contributed by atoms with E-state index in [1.807, 2.05) is 0 Å². The van der Waals surface area contributed by atoms with Crippen LogP contribution in [0.3, 0.4) is 0 Å². The number of hydrogen-bond acceptors (Lipinski definition) is 4. The van der Waals surface area contributed by atoms with E-state index in [1.165, 1.54) is 13.8 Å². The van der Waals surface area contributed by atoms with E-state index < -0.39 is 30.5 Å². The molecule has 0 spiro atoms. The van der Waals surface area contributed by atoms with Crippen molar-refractivity contribution in [3.63, 3.8) is 0 Å². The molecule has 112 valence electrons. The minimum absolute atomic E-state index is 0. The van der Waals surface area contributed by atoms with Gasteiger partial charge < -0.3 is 4.55 Å². The Hall–Kier alpha value is 0.470. The maximum absolute atomic E-state index is 10.7. The van der Waals surface area contributed by atoms with E-state index in [4.69, 9.17) is 33.2 Å². The van der Waals surface area contributed by atoms with Crippen LogP contribution >= 0.6 is 11.6 Å². The third-order valence-electron chi connectivity index (χ3n) is 1.62. The van der Waals surface area contributed by atoms with Crippen LogP contribution in [0.4, 0.5) is 0 Å². The van der Waals surface area contributed by atoms with Crippen molar-refractivity contribution < 1.29 is 46.7 Å². The Bertz CT molecular complexity index is 461. The minimum atomic E-state index is -3.09. The molecule has 0 bridgehead atoms. The number of alkyl halides is 1. The second-order valence-corrected chi connectivity index (χ2v) is 8.76. The fraction of sp³-hybridized carbons (Fsp3) is 0.667. The topological polar surface area (TPSA) is 74.3 Å². The maximum Gasteiger partial charge on any atom is 1.00 e. The van der Waals surface area contributed by atoms with Gasteiger partial charge in [0, 0.05) is 6.26 Å². The molecular formula is C12H20ClNaO4S2. The Morgan fingerprint density at radius 2 is 1.35 bits per heavy atom. The van der Waals surface area contributed by atoms with Crippen LogP contribution in [0.25, 0.3) is 0 Å². The van der Waals surface area contributed by atoms with Gasteiger partial charge in [-0.1, -0.05) is 22.9 Å². The van der Waals surface area contributed by atoms with Crippen molar-refractivity contribution in [2.75, 3.05) is 12.5 Å². The first-order valence-electron chi connectivity index (χ1n) is 4.95. The van der Waals surface area contributed by atoms with Crippen LogP contribution in [0, 0.1) is 24.7 Å². The summed E-state index contributed by atoms with van der Waals surface area (Å²) in [6.45, 7) is 6.55. The molecule has 0 saturated heterocycles. The zero-order valence-corrected chi connectivity index (χ0v) is 17.4. The standard InChI is InChI=1S/C6H10O2S.C5H7Cl.CH4O2S.Na/c1-5-6(2,3)9(4,7)8;1-4-5(2,3)6;1-4(2)3;/h1H,2-4H3;1H,2-3H3;1H3,(H,2,3);/q;;;+1/p-1. The predicted molar refractivity (Wildman–Crippen MR) is 81.4 cm³/mol. The predicted octanol–water partition coefficient (Wildman–Crippen LogP) is -1.42. The second kappa shape index (κ2) is 12.1. The van der Waals surface area contributed by atoms with Crippen molar-refractivity contribution in [2.24, 2.45) is 0 Å². The van der Waals surface area contributed by atoms with E-state index in [1.54, 1.807) is 13.8 Å². The third-order valence-corrected chi connectivity index (χ3v) is 3.70. The van der Waals surface area contributed by atoms with Crippen LogP contribution in [0.15, 0.2) is 0 Å². The number of sulfone groups is 1. The van der Waals surface area contributed by atoms with Crippen molar-refractivity contribution in [2.45, 2.75) is 37.3 Å². The van der Waals surface area contributed by atoms with Gasteiger partial charge >= 0.3 is 29.6 Å². The van der Waals surface area contributed by atoms with Gasteiger partial charge in [-0.15, -0.1) is 24.4 Å². The molecule has 0 aliphatic carbocycles. The summed E-state index contributed by atoms with van der Waals surface area (Å²) in [5.41, 5.74) is 0. The van der Waals surface area contributed by atoms with Crippen LogP contribution in [0.2, 0.25) is 0 Å². The van der Waals surface area contributed by atoms with Crippen LogP contribution in [0.1, 0.15) is 27.7 Å². The van der Waals surface area contributed by atoms with E-state index in [0.717, 1.165) is 12.5 Å².